The van der Waals surface area contributed by atoms with Gasteiger partial charge in [-0.3, -0.25) is 4.98 Å². The number of ether oxygens (including phenoxy) is 1. The molecular formula is C26H26F3NO2. The maximum atomic E-state index is 13.3. The van der Waals surface area contributed by atoms with Gasteiger partial charge >= 0.3 is 12.1 Å². The number of aryl methyl sites for hydroxylation is 1. The van der Waals surface area contributed by atoms with Crippen molar-refractivity contribution in [2.24, 2.45) is 17.3 Å². The van der Waals surface area contributed by atoms with Crippen LogP contribution in [0.5, 0.6) is 0 Å². The molecule has 4 atom stereocenters. The molecular weight excluding hydrogens is 415 g/mol. The van der Waals surface area contributed by atoms with Crippen LogP contribution in [0.1, 0.15) is 71.1 Å². The lowest BCUT2D eigenvalue weighted by atomic mass is 9.54. The molecule has 0 aliphatic heterocycles. The molecule has 2 aromatic rings. The topological polar surface area (TPSA) is 39.2 Å². The molecule has 5 rings (SSSR count). The van der Waals surface area contributed by atoms with Crippen LogP contribution < -0.4 is 0 Å². The predicted molar refractivity (Wildman–Crippen MR) is 115 cm³/mol. The van der Waals surface area contributed by atoms with Gasteiger partial charge in [0.15, 0.2) is 0 Å². The maximum Gasteiger partial charge on any atom is 0.417 e. The molecule has 1 saturated carbocycles. The Balaban J connectivity index is 1.44. The molecule has 0 saturated heterocycles. The number of rotatable bonds is 2. The average molecular weight is 441 g/mol. The maximum absolute atomic E-state index is 13.3. The molecule has 0 N–H and O–H groups in total. The van der Waals surface area contributed by atoms with Crippen molar-refractivity contribution in [1.29, 1.82) is 0 Å². The van der Waals surface area contributed by atoms with E-state index in [-0.39, 0.29) is 11.4 Å². The number of alkyl halides is 3. The van der Waals surface area contributed by atoms with Gasteiger partial charge in [-0.1, -0.05) is 19.1 Å². The molecule has 1 fully saturated rings. The fourth-order valence-electron chi connectivity index (χ4n) is 6.58. The van der Waals surface area contributed by atoms with Gasteiger partial charge in [0, 0.05) is 12.4 Å². The van der Waals surface area contributed by atoms with Crippen molar-refractivity contribution in [3.63, 3.8) is 0 Å². The fourth-order valence-corrected chi connectivity index (χ4v) is 6.58. The van der Waals surface area contributed by atoms with Crippen LogP contribution in [0.25, 0.3) is 5.57 Å². The third-order valence-corrected chi connectivity index (χ3v) is 8.11. The second kappa shape index (κ2) is 7.46. The Morgan fingerprint density at radius 1 is 1.19 bits per heavy atom. The highest BCUT2D eigenvalue weighted by molar-refractivity contribution is 5.89. The van der Waals surface area contributed by atoms with Crippen molar-refractivity contribution in [3.05, 3.63) is 70.6 Å². The summed E-state index contributed by atoms with van der Waals surface area (Å²) < 4.78 is 44.6. The van der Waals surface area contributed by atoms with Crippen molar-refractivity contribution < 1.29 is 22.7 Å². The third kappa shape index (κ3) is 3.26. The second-order valence-electron chi connectivity index (χ2n) is 9.59. The van der Waals surface area contributed by atoms with E-state index < -0.39 is 11.7 Å². The van der Waals surface area contributed by atoms with E-state index in [9.17, 15) is 18.0 Å². The number of esters is 1. The Hall–Kier alpha value is -2.63. The smallest absolute Gasteiger partial charge is 0.417 e. The van der Waals surface area contributed by atoms with E-state index in [0.29, 0.717) is 28.9 Å². The lowest BCUT2D eigenvalue weighted by Crippen LogP contribution is -2.41. The molecule has 0 spiro atoms. The van der Waals surface area contributed by atoms with Gasteiger partial charge in [0.2, 0.25) is 0 Å². The minimum Gasteiger partial charge on any atom is -0.465 e. The second-order valence-corrected chi connectivity index (χ2v) is 9.59. The number of hydrogen-bond donors (Lipinski definition) is 0. The number of fused-ring (bicyclic) bond motifs is 5. The van der Waals surface area contributed by atoms with E-state index in [0.717, 1.165) is 43.9 Å². The van der Waals surface area contributed by atoms with Crippen molar-refractivity contribution in [2.75, 3.05) is 7.11 Å². The van der Waals surface area contributed by atoms with Crippen LogP contribution in [0.3, 0.4) is 0 Å². The first-order valence-corrected chi connectivity index (χ1v) is 11.2. The Morgan fingerprint density at radius 2 is 2.00 bits per heavy atom. The summed E-state index contributed by atoms with van der Waals surface area (Å²) >= 11 is 0. The van der Waals surface area contributed by atoms with E-state index in [1.807, 2.05) is 12.1 Å². The number of pyridine rings is 1. The van der Waals surface area contributed by atoms with Gasteiger partial charge in [-0.05, 0) is 95.7 Å². The normalized spacial score (nSPS) is 28.9. The number of carbonyl (C=O) groups is 1. The van der Waals surface area contributed by atoms with E-state index in [4.69, 9.17) is 4.74 Å². The van der Waals surface area contributed by atoms with E-state index >= 15 is 0 Å². The van der Waals surface area contributed by atoms with Gasteiger partial charge in [0.1, 0.15) is 0 Å². The molecule has 0 radical (unpaired) electrons. The summed E-state index contributed by atoms with van der Waals surface area (Å²) in [5, 5.41) is 0. The number of methoxy groups -OCH3 is 1. The van der Waals surface area contributed by atoms with Gasteiger partial charge in [-0.25, -0.2) is 4.79 Å². The summed E-state index contributed by atoms with van der Waals surface area (Å²) in [6.45, 7) is 2.23. The lowest BCUT2D eigenvalue weighted by Gasteiger charge is -2.50. The van der Waals surface area contributed by atoms with Gasteiger partial charge in [0.05, 0.1) is 18.2 Å². The number of aromatic nitrogens is 1. The van der Waals surface area contributed by atoms with E-state index in [2.05, 4.69) is 24.1 Å². The van der Waals surface area contributed by atoms with Crippen LogP contribution in [-0.2, 0) is 17.3 Å². The van der Waals surface area contributed by atoms with Gasteiger partial charge in [-0.2, -0.15) is 13.2 Å². The summed E-state index contributed by atoms with van der Waals surface area (Å²) in [4.78, 5) is 15.8. The monoisotopic (exact) mass is 441 g/mol. The largest absolute Gasteiger partial charge is 0.465 e. The highest BCUT2D eigenvalue weighted by atomic mass is 19.4. The van der Waals surface area contributed by atoms with Gasteiger partial charge in [0.25, 0.3) is 0 Å². The van der Waals surface area contributed by atoms with Crippen LogP contribution in [0.15, 0.2) is 42.7 Å². The minimum atomic E-state index is -4.39. The first-order chi connectivity index (χ1) is 15.2. The number of allylic oxidation sites excluding steroid dienone is 2. The molecule has 1 heterocycles. The molecule has 0 bridgehead atoms. The van der Waals surface area contributed by atoms with Crippen molar-refractivity contribution in [2.45, 2.75) is 51.1 Å². The van der Waals surface area contributed by atoms with Crippen LogP contribution in [0.4, 0.5) is 13.2 Å². The molecule has 168 valence electrons. The van der Waals surface area contributed by atoms with Crippen LogP contribution in [-0.4, -0.2) is 18.1 Å². The Morgan fingerprint density at radius 3 is 2.75 bits per heavy atom. The summed E-state index contributed by atoms with van der Waals surface area (Å²) in [5.41, 5.74) is 3.93. The molecule has 32 heavy (non-hydrogen) atoms. The van der Waals surface area contributed by atoms with Crippen molar-refractivity contribution in [1.82, 2.24) is 4.98 Å². The molecule has 1 aromatic carbocycles. The first kappa shape index (κ1) is 21.2. The van der Waals surface area contributed by atoms with Crippen molar-refractivity contribution in [3.8, 4) is 0 Å². The standard InChI is InChI=1S/C26H26F3NO2/c1-25-10-9-20-19-5-4-16(24(31)32-2)11-15(19)3-6-21(20)23(25)8-7-22(25)17-12-18(14-30-13-17)26(27,28)29/h4-5,7,11-14,20-21,23H,3,6,8-10H2,1-2H3. The molecule has 4 unspecified atom stereocenters. The zero-order valence-electron chi connectivity index (χ0n) is 18.2. The molecule has 3 aliphatic rings. The summed E-state index contributed by atoms with van der Waals surface area (Å²) in [5.74, 6) is 0.998. The molecule has 3 nitrogen and oxygen atoms in total. The first-order valence-electron chi connectivity index (χ1n) is 11.2. The van der Waals surface area contributed by atoms with Gasteiger partial charge < -0.3 is 4.74 Å². The van der Waals surface area contributed by atoms with E-state index in [1.165, 1.54) is 24.3 Å². The van der Waals surface area contributed by atoms with Crippen molar-refractivity contribution >= 4 is 11.5 Å². The SMILES string of the molecule is COC(=O)c1ccc2c(c1)CCC1C2CCC2(C)C(c3cncc(C(F)(F)F)c3)=CCC12. The lowest BCUT2D eigenvalue weighted by molar-refractivity contribution is -0.137. The number of hydrogen-bond acceptors (Lipinski definition) is 3. The summed E-state index contributed by atoms with van der Waals surface area (Å²) in [6.07, 6.45) is 4.99. The Bertz CT molecular complexity index is 1110. The van der Waals surface area contributed by atoms with Crippen LogP contribution in [0.2, 0.25) is 0 Å². The number of nitrogens with zero attached hydrogens (tertiary/aromatic N) is 1. The zero-order chi connectivity index (χ0) is 22.7. The highest BCUT2D eigenvalue weighted by Crippen LogP contribution is 2.63. The minimum absolute atomic E-state index is 0.142. The highest BCUT2D eigenvalue weighted by Gasteiger charge is 2.52. The molecule has 0 amide bonds. The van der Waals surface area contributed by atoms with Crippen LogP contribution >= 0.6 is 0 Å². The fraction of sp³-hybridized carbons (Fsp3) is 0.462. The number of halogens is 3. The third-order valence-electron chi connectivity index (χ3n) is 8.11. The zero-order valence-corrected chi connectivity index (χ0v) is 18.2. The predicted octanol–water partition coefficient (Wildman–Crippen LogP) is 6.44. The average Bonchev–Trinajstić information content (AvgIpc) is 3.14. The summed E-state index contributed by atoms with van der Waals surface area (Å²) in [6, 6.07) is 7.16. The molecule has 1 aromatic heterocycles. The quantitative estimate of drug-likeness (QED) is 0.504. The van der Waals surface area contributed by atoms with Crippen LogP contribution in [0, 0.1) is 17.3 Å². The molecule has 6 heteroatoms. The Kier molecular flexibility index (Phi) is 4.95. The number of benzene rings is 1. The summed E-state index contributed by atoms with van der Waals surface area (Å²) in [7, 11) is 1.39. The Labute approximate surface area is 185 Å². The van der Waals surface area contributed by atoms with E-state index in [1.54, 1.807) is 6.20 Å². The van der Waals surface area contributed by atoms with Gasteiger partial charge in [-0.15, -0.1) is 0 Å². The number of carbonyl (C=O) groups excluding carboxylic acids is 1. The molecule has 3 aliphatic carbocycles.